The second-order valence-corrected chi connectivity index (χ2v) is 6.36. The number of H-pyrrole nitrogens is 1. The molecule has 0 unspecified atom stereocenters. The number of benzene rings is 2. The summed E-state index contributed by atoms with van der Waals surface area (Å²) >= 11 is 5.88. The van der Waals surface area contributed by atoms with Crippen molar-refractivity contribution in [3.05, 3.63) is 79.8 Å². The van der Waals surface area contributed by atoms with Crippen LogP contribution in [0.25, 0.3) is 10.9 Å². The standard InChI is InChI=1S/C19H16ClFN2O2/c1-10-6-11(2)17-12(7-10)8-13(18(24)23-17)9-22-19(25)16-14(20)4-3-5-15(16)21/h3-8H,9H2,1-2H3,(H,22,25)(H,23,24). The Kier molecular flexibility index (Phi) is 4.59. The maximum absolute atomic E-state index is 13.8. The van der Waals surface area contributed by atoms with Crippen molar-refractivity contribution >= 4 is 28.4 Å². The normalized spacial score (nSPS) is 10.9. The Hall–Kier alpha value is -2.66. The first kappa shape index (κ1) is 17.2. The summed E-state index contributed by atoms with van der Waals surface area (Å²) in [4.78, 5) is 27.3. The zero-order chi connectivity index (χ0) is 18.1. The SMILES string of the molecule is Cc1cc(C)c2[nH]c(=O)c(CNC(=O)c3c(F)cccc3Cl)cc2c1. The molecule has 0 spiro atoms. The summed E-state index contributed by atoms with van der Waals surface area (Å²) in [5.41, 5.74) is 2.68. The lowest BCUT2D eigenvalue weighted by Crippen LogP contribution is -2.27. The molecule has 3 rings (SSSR count). The fraction of sp³-hybridized carbons (Fsp3) is 0.158. The number of hydrogen-bond donors (Lipinski definition) is 2. The number of nitrogens with one attached hydrogen (secondary N) is 2. The number of halogens is 2. The van der Waals surface area contributed by atoms with Crippen LogP contribution in [0.5, 0.6) is 0 Å². The number of aryl methyl sites for hydroxylation is 2. The molecular formula is C19H16ClFN2O2. The molecule has 2 N–H and O–H groups in total. The molecule has 128 valence electrons. The molecule has 1 aromatic heterocycles. The summed E-state index contributed by atoms with van der Waals surface area (Å²) in [7, 11) is 0. The highest BCUT2D eigenvalue weighted by atomic mass is 35.5. The molecule has 1 heterocycles. The number of aromatic nitrogens is 1. The van der Waals surface area contributed by atoms with Crippen LogP contribution in [0.4, 0.5) is 4.39 Å². The van der Waals surface area contributed by atoms with Crippen LogP contribution in [0.3, 0.4) is 0 Å². The van der Waals surface area contributed by atoms with E-state index in [1.807, 2.05) is 26.0 Å². The van der Waals surface area contributed by atoms with Gasteiger partial charge in [0.05, 0.1) is 16.1 Å². The number of rotatable bonds is 3. The van der Waals surface area contributed by atoms with Crippen molar-refractivity contribution in [1.29, 1.82) is 0 Å². The van der Waals surface area contributed by atoms with E-state index in [0.717, 1.165) is 28.1 Å². The Labute approximate surface area is 148 Å². The second-order valence-electron chi connectivity index (χ2n) is 5.95. The van der Waals surface area contributed by atoms with Crippen molar-refractivity contribution in [2.24, 2.45) is 0 Å². The molecule has 0 aliphatic heterocycles. The number of hydrogen-bond acceptors (Lipinski definition) is 2. The van der Waals surface area contributed by atoms with Gasteiger partial charge in [-0.2, -0.15) is 0 Å². The van der Waals surface area contributed by atoms with Crippen molar-refractivity contribution in [2.75, 3.05) is 0 Å². The zero-order valence-electron chi connectivity index (χ0n) is 13.7. The van der Waals surface area contributed by atoms with Gasteiger partial charge in [0, 0.05) is 12.1 Å². The molecule has 0 saturated heterocycles. The van der Waals surface area contributed by atoms with Gasteiger partial charge in [0.1, 0.15) is 5.82 Å². The third-order valence-electron chi connectivity index (χ3n) is 4.00. The van der Waals surface area contributed by atoms with Crippen molar-refractivity contribution < 1.29 is 9.18 Å². The Morgan fingerprint density at radius 1 is 1.24 bits per heavy atom. The van der Waals surface area contributed by atoms with Gasteiger partial charge in [-0.05, 0) is 49.1 Å². The molecular weight excluding hydrogens is 343 g/mol. The topological polar surface area (TPSA) is 62.0 Å². The summed E-state index contributed by atoms with van der Waals surface area (Å²) in [6, 6.07) is 9.70. The molecule has 6 heteroatoms. The van der Waals surface area contributed by atoms with Gasteiger partial charge in [-0.25, -0.2) is 4.39 Å². The van der Waals surface area contributed by atoms with Gasteiger partial charge >= 0.3 is 0 Å². The van der Waals surface area contributed by atoms with E-state index in [4.69, 9.17) is 11.6 Å². The fourth-order valence-corrected chi connectivity index (χ4v) is 3.09. The smallest absolute Gasteiger partial charge is 0.256 e. The average molecular weight is 359 g/mol. The molecule has 0 bridgehead atoms. The third kappa shape index (κ3) is 3.42. The van der Waals surface area contributed by atoms with Crippen LogP contribution < -0.4 is 10.9 Å². The van der Waals surface area contributed by atoms with Crippen molar-refractivity contribution in [3.63, 3.8) is 0 Å². The minimum atomic E-state index is -0.705. The lowest BCUT2D eigenvalue weighted by molar-refractivity contribution is 0.0947. The predicted octanol–water partition coefficient (Wildman–Crippen LogP) is 3.87. The minimum absolute atomic E-state index is 0.0242. The van der Waals surface area contributed by atoms with Crippen LogP contribution in [0.1, 0.15) is 27.0 Å². The number of fused-ring (bicyclic) bond motifs is 1. The second kappa shape index (κ2) is 6.69. The molecule has 0 radical (unpaired) electrons. The quantitative estimate of drug-likeness (QED) is 0.746. The molecule has 1 amide bonds. The largest absolute Gasteiger partial charge is 0.348 e. The number of pyridine rings is 1. The van der Waals surface area contributed by atoms with Crippen LogP contribution in [0, 0.1) is 19.7 Å². The van der Waals surface area contributed by atoms with Crippen LogP contribution in [-0.2, 0) is 6.54 Å². The summed E-state index contributed by atoms with van der Waals surface area (Å²) in [6.07, 6.45) is 0. The summed E-state index contributed by atoms with van der Waals surface area (Å²) < 4.78 is 13.8. The monoisotopic (exact) mass is 358 g/mol. The first-order valence-corrected chi connectivity index (χ1v) is 8.10. The van der Waals surface area contributed by atoms with Gasteiger partial charge in [0.2, 0.25) is 0 Å². The molecule has 4 nitrogen and oxygen atoms in total. The van der Waals surface area contributed by atoms with Gasteiger partial charge in [-0.1, -0.05) is 29.3 Å². The molecule has 0 aliphatic carbocycles. The zero-order valence-corrected chi connectivity index (χ0v) is 14.5. The molecule has 0 saturated carbocycles. The van der Waals surface area contributed by atoms with E-state index in [2.05, 4.69) is 10.3 Å². The minimum Gasteiger partial charge on any atom is -0.348 e. The van der Waals surface area contributed by atoms with Gasteiger partial charge in [-0.15, -0.1) is 0 Å². The highest BCUT2D eigenvalue weighted by Crippen LogP contribution is 2.20. The summed E-state index contributed by atoms with van der Waals surface area (Å²) in [5.74, 6) is -1.37. The van der Waals surface area contributed by atoms with E-state index in [-0.39, 0.29) is 22.7 Å². The molecule has 0 aliphatic rings. The maximum Gasteiger partial charge on any atom is 0.256 e. The van der Waals surface area contributed by atoms with Crippen LogP contribution >= 0.6 is 11.6 Å². The van der Waals surface area contributed by atoms with Crippen LogP contribution in [0.15, 0.2) is 41.2 Å². The molecule has 25 heavy (non-hydrogen) atoms. The number of carbonyl (C=O) groups is 1. The number of carbonyl (C=O) groups excluding carboxylic acids is 1. The van der Waals surface area contributed by atoms with E-state index in [1.165, 1.54) is 12.1 Å². The van der Waals surface area contributed by atoms with E-state index < -0.39 is 11.7 Å². The van der Waals surface area contributed by atoms with Gasteiger partial charge in [-0.3, -0.25) is 9.59 Å². The Bertz CT molecular complexity index is 1020. The molecule has 0 atom stereocenters. The summed E-state index contributed by atoms with van der Waals surface area (Å²) in [5, 5.41) is 3.45. The highest BCUT2D eigenvalue weighted by Gasteiger charge is 2.16. The lowest BCUT2D eigenvalue weighted by Gasteiger charge is -2.09. The van der Waals surface area contributed by atoms with Crippen molar-refractivity contribution in [2.45, 2.75) is 20.4 Å². The Morgan fingerprint density at radius 3 is 2.72 bits per heavy atom. The summed E-state index contributed by atoms with van der Waals surface area (Å²) in [6.45, 7) is 3.87. The van der Waals surface area contributed by atoms with Crippen LogP contribution in [0.2, 0.25) is 5.02 Å². The first-order valence-electron chi connectivity index (χ1n) is 7.72. The van der Waals surface area contributed by atoms with Crippen molar-refractivity contribution in [1.82, 2.24) is 10.3 Å². The lowest BCUT2D eigenvalue weighted by atomic mass is 10.1. The third-order valence-corrected chi connectivity index (χ3v) is 4.31. The van der Waals surface area contributed by atoms with Crippen LogP contribution in [-0.4, -0.2) is 10.9 Å². The maximum atomic E-state index is 13.8. The fourth-order valence-electron chi connectivity index (χ4n) is 2.84. The highest BCUT2D eigenvalue weighted by molar-refractivity contribution is 6.33. The van der Waals surface area contributed by atoms with Gasteiger partial charge in [0.25, 0.3) is 11.5 Å². The van der Waals surface area contributed by atoms with E-state index >= 15 is 0 Å². The molecule has 2 aromatic carbocycles. The van der Waals surface area contributed by atoms with E-state index in [0.29, 0.717) is 5.56 Å². The van der Waals surface area contributed by atoms with Gasteiger partial charge < -0.3 is 10.3 Å². The van der Waals surface area contributed by atoms with E-state index in [1.54, 1.807) is 6.07 Å². The van der Waals surface area contributed by atoms with E-state index in [9.17, 15) is 14.0 Å². The predicted molar refractivity (Wildman–Crippen MR) is 96.6 cm³/mol. The molecule has 0 fully saturated rings. The molecule has 3 aromatic rings. The average Bonchev–Trinajstić information content (AvgIpc) is 2.53. The number of amides is 1. The Balaban J connectivity index is 1.90. The number of aromatic amines is 1. The van der Waals surface area contributed by atoms with Crippen molar-refractivity contribution in [3.8, 4) is 0 Å². The van der Waals surface area contributed by atoms with Gasteiger partial charge in [0.15, 0.2) is 0 Å². The Morgan fingerprint density at radius 2 is 2.00 bits per heavy atom. The first-order chi connectivity index (χ1) is 11.9.